The second-order valence-electron chi connectivity index (χ2n) is 4.76. The van der Waals surface area contributed by atoms with Crippen LogP contribution in [0.2, 0.25) is 5.15 Å². The maximum Gasteiger partial charge on any atom is 0.392 e. The molecule has 2 rings (SSSR count). The van der Waals surface area contributed by atoms with E-state index in [1.807, 2.05) is 0 Å². The van der Waals surface area contributed by atoms with Crippen molar-refractivity contribution in [3.63, 3.8) is 0 Å². The van der Waals surface area contributed by atoms with Crippen LogP contribution in [0.3, 0.4) is 0 Å². The van der Waals surface area contributed by atoms with Crippen molar-refractivity contribution in [1.29, 1.82) is 0 Å². The number of halogens is 4. The van der Waals surface area contributed by atoms with Gasteiger partial charge in [-0.1, -0.05) is 24.4 Å². The molecule has 1 N–H and O–H groups in total. The Morgan fingerprint density at radius 2 is 2.00 bits per heavy atom. The first-order valence-electron chi connectivity index (χ1n) is 6.23. The highest BCUT2D eigenvalue weighted by atomic mass is 35.5. The number of nitrogens with one attached hydrogen (secondary N) is 1. The number of rotatable bonds is 2. The van der Waals surface area contributed by atoms with Crippen molar-refractivity contribution >= 4 is 23.3 Å². The summed E-state index contributed by atoms with van der Waals surface area (Å²) in [5, 5.41) is 2.43. The molecule has 1 aliphatic rings. The molecule has 0 aliphatic heterocycles. The van der Waals surface area contributed by atoms with Gasteiger partial charge in [-0.3, -0.25) is 9.78 Å². The Balaban J connectivity index is 2.10. The van der Waals surface area contributed by atoms with Gasteiger partial charge < -0.3 is 5.32 Å². The van der Waals surface area contributed by atoms with Crippen LogP contribution in [-0.4, -0.2) is 22.1 Å². The molecule has 0 spiro atoms. The summed E-state index contributed by atoms with van der Waals surface area (Å²) in [6, 6.07) is 0. The lowest BCUT2D eigenvalue weighted by atomic mass is 9.78. The molecule has 1 aromatic rings. The van der Waals surface area contributed by atoms with Crippen molar-refractivity contribution in [3.05, 3.63) is 17.5 Å². The van der Waals surface area contributed by atoms with Crippen LogP contribution in [0, 0.1) is 11.8 Å². The van der Waals surface area contributed by atoms with Crippen LogP contribution in [0.4, 0.5) is 19.0 Å². The number of alkyl halides is 3. The van der Waals surface area contributed by atoms with Gasteiger partial charge in [-0.25, -0.2) is 4.98 Å². The van der Waals surface area contributed by atoms with Crippen molar-refractivity contribution in [2.45, 2.75) is 31.9 Å². The van der Waals surface area contributed by atoms with E-state index in [1.54, 1.807) is 0 Å². The molecule has 20 heavy (non-hydrogen) atoms. The van der Waals surface area contributed by atoms with Crippen molar-refractivity contribution in [2.75, 3.05) is 5.32 Å². The summed E-state index contributed by atoms with van der Waals surface area (Å²) >= 11 is 5.61. The lowest BCUT2D eigenvalue weighted by Crippen LogP contribution is -2.39. The molecule has 1 aliphatic carbocycles. The van der Waals surface area contributed by atoms with Gasteiger partial charge in [-0.2, -0.15) is 13.2 Å². The smallest absolute Gasteiger partial charge is 0.309 e. The standard InChI is InChI=1S/C12H13ClF3N3O/c13-9-5-17-6-10(18-9)19-11(20)7-3-1-2-4-8(7)12(14,15)16/h5-8H,1-4H2,(H,18,19,20). The van der Waals surface area contributed by atoms with Gasteiger partial charge >= 0.3 is 6.18 Å². The molecule has 0 bridgehead atoms. The molecule has 1 amide bonds. The zero-order chi connectivity index (χ0) is 14.8. The number of amides is 1. The van der Waals surface area contributed by atoms with Crippen LogP contribution >= 0.6 is 11.6 Å². The fourth-order valence-electron chi connectivity index (χ4n) is 2.46. The quantitative estimate of drug-likeness (QED) is 0.910. The van der Waals surface area contributed by atoms with E-state index in [4.69, 9.17) is 11.6 Å². The summed E-state index contributed by atoms with van der Waals surface area (Å²) in [4.78, 5) is 19.5. The van der Waals surface area contributed by atoms with E-state index >= 15 is 0 Å². The normalized spacial score (nSPS) is 23.4. The molecule has 4 nitrogen and oxygen atoms in total. The SMILES string of the molecule is O=C(Nc1cncc(Cl)n1)C1CCCCC1C(F)(F)F. The monoisotopic (exact) mass is 307 g/mol. The number of carbonyl (C=O) groups is 1. The highest BCUT2D eigenvalue weighted by Crippen LogP contribution is 2.41. The zero-order valence-corrected chi connectivity index (χ0v) is 11.2. The lowest BCUT2D eigenvalue weighted by Gasteiger charge is -2.31. The van der Waals surface area contributed by atoms with Crippen LogP contribution in [0.5, 0.6) is 0 Å². The minimum Gasteiger partial charge on any atom is -0.309 e. The summed E-state index contributed by atoms with van der Waals surface area (Å²) in [7, 11) is 0. The van der Waals surface area contributed by atoms with Crippen LogP contribution < -0.4 is 5.32 Å². The molecule has 1 fully saturated rings. The summed E-state index contributed by atoms with van der Waals surface area (Å²) in [6.07, 6.45) is -0.516. The average Bonchev–Trinajstić information content (AvgIpc) is 2.37. The lowest BCUT2D eigenvalue weighted by molar-refractivity contribution is -0.197. The maximum absolute atomic E-state index is 12.9. The summed E-state index contributed by atoms with van der Waals surface area (Å²) in [5.41, 5.74) is 0. The number of hydrogen-bond acceptors (Lipinski definition) is 3. The Hall–Kier alpha value is -1.37. The third-order valence-corrected chi connectivity index (χ3v) is 3.56. The van der Waals surface area contributed by atoms with Gasteiger partial charge in [-0.15, -0.1) is 0 Å². The number of nitrogens with zero attached hydrogens (tertiary/aromatic N) is 2. The Morgan fingerprint density at radius 1 is 1.30 bits per heavy atom. The molecular formula is C12H13ClF3N3O. The zero-order valence-electron chi connectivity index (χ0n) is 10.5. The van der Waals surface area contributed by atoms with Crippen molar-refractivity contribution < 1.29 is 18.0 Å². The van der Waals surface area contributed by atoms with Gasteiger partial charge in [0.05, 0.1) is 18.3 Å². The predicted molar refractivity (Wildman–Crippen MR) is 67.2 cm³/mol. The topological polar surface area (TPSA) is 54.9 Å². The molecule has 8 heteroatoms. The number of aromatic nitrogens is 2. The van der Waals surface area contributed by atoms with E-state index in [-0.39, 0.29) is 23.8 Å². The minimum atomic E-state index is -4.36. The Labute approximate surface area is 118 Å². The van der Waals surface area contributed by atoms with Crippen molar-refractivity contribution in [3.8, 4) is 0 Å². The van der Waals surface area contributed by atoms with E-state index in [0.717, 1.165) is 0 Å². The predicted octanol–water partition coefficient (Wildman–Crippen LogP) is 3.44. The highest BCUT2D eigenvalue weighted by molar-refractivity contribution is 6.29. The van der Waals surface area contributed by atoms with Crippen LogP contribution in [0.25, 0.3) is 0 Å². The van der Waals surface area contributed by atoms with Crippen LogP contribution in [-0.2, 0) is 4.79 Å². The maximum atomic E-state index is 12.9. The first kappa shape index (κ1) is 15.0. The number of carbonyl (C=O) groups excluding carboxylic acids is 1. The molecule has 0 aromatic carbocycles. The molecule has 2 unspecified atom stereocenters. The Bertz CT molecular complexity index is 495. The third kappa shape index (κ3) is 3.59. The van der Waals surface area contributed by atoms with Crippen LogP contribution in [0.1, 0.15) is 25.7 Å². The minimum absolute atomic E-state index is 0.0111. The molecular weight excluding hydrogens is 295 g/mol. The number of hydrogen-bond donors (Lipinski definition) is 1. The summed E-state index contributed by atoms with van der Waals surface area (Å²) in [5.74, 6) is -3.29. The highest BCUT2D eigenvalue weighted by Gasteiger charge is 2.48. The molecule has 1 aromatic heterocycles. The molecule has 1 saturated carbocycles. The van der Waals surface area contributed by atoms with E-state index in [9.17, 15) is 18.0 Å². The molecule has 1 heterocycles. The number of anilines is 1. The second-order valence-corrected chi connectivity index (χ2v) is 5.14. The van der Waals surface area contributed by atoms with E-state index in [1.165, 1.54) is 12.4 Å². The fraction of sp³-hybridized carbons (Fsp3) is 0.583. The second kappa shape index (κ2) is 5.95. The van der Waals surface area contributed by atoms with Gasteiger partial charge in [0.15, 0.2) is 5.82 Å². The van der Waals surface area contributed by atoms with Gasteiger partial charge in [0.25, 0.3) is 0 Å². The summed E-state index contributed by atoms with van der Waals surface area (Å²) < 4.78 is 38.8. The molecule has 0 saturated heterocycles. The largest absolute Gasteiger partial charge is 0.392 e. The average molecular weight is 308 g/mol. The van der Waals surface area contributed by atoms with Crippen LogP contribution in [0.15, 0.2) is 12.4 Å². The first-order valence-corrected chi connectivity index (χ1v) is 6.61. The Kier molecular flexibility index (Phi) is 4.47. The third-order valence-electron chi connectivity index (χ3n) is 3.38. The van der Waals surface area contributed by atoms with E-state index in [2.05, 4.69) is 15.3 Å². The Morgan fingerprint density at radius 3 is 2.65 bits per heavy atom. The fourth-order valence-corrected chi connectivity index (χ4v) is 2.61. The van der Waals surface area contributed by atoms with E-state index < -0.39 is 23.9 Å². The first-order chi connectivity index (χ1) is 9.38. The molecule has 2 atom stereocenters. The van der Waals surface area contributed by atoms with Crippen molar-refractivity contribution in [1.82, 2.24) is 9.97 Å². The van der Waals surface area contributed by atoms with Gasteiger partial charge in [-0.05, 0) is 12.8 Å². The molecule has 110 valence electrons. The van der Waals surface area contributed by atoms with E-state index in [0.29, 0.717) is 12.8 Å². The van der Waals surface area contributed by atoms with Gasteiger partial charge in [0.1, 0.15) is 5.15 Å². The van der Waals surface area contributed by atoms with Gasteiger partial charge in [0, 0.05) is 5.92 Å². The summed E-state index contributed by atoms with van der Waals surface area (Å²) in [6.45, 7) is 0. The van der Waals surface area contributed by atoms with Crippen molar-refractivity contribution in [2.24, 2.45) is 11.8 Å². The molecule has 0 radical (unpaired) electrons. The van der Waals surface area contributed by atoms with Gasteiger partial charge in [0.2, 0.25) is 5.91 Å².